The van der Waals surface area contributed by atoms with Gasteiger partial charge in [-0.3, -0.25) is 0 Å². The van der Waals surface area contributed by atoms with Gasteiger partial charge in [-0.05, 0) is 113 Å². The lowest BCUT2D eigenvalue weighted by Crippen LogP contribution is -2.74. The summed E-state index contributed by atoms with van der Waals surface area (Å²) in [5.41, 5.74) is 15.2. The van der Waals surface area contributed by atoms with E-state index in [9.17, 15) is 0 Å². The molecule has 0 aromatic heterocycles. The van der Waals surface area contributed by atoms with Crippen LogP contribution < -0.4 is 25.6 Å². The second kappa shape index (κ2) is 17.9. The highest BCUT2D eigenvalue weighted by Gasteiger charge is 2.46. The van der Waals surface area contributed by atoms with Crippen molar-refractivity contribution in [3.05, 3.63) is 320 Å². The Morgan fingerprint density at radius 1 is 0.246 bits per heavy atom. The normalized spacial score (nSPS) is 12.5. The molecule has 0 aliphatic heterocycles. The first-order valence-electron chi connectivity index (χ1n) is 23.9. The van der Waals surface area contributed by atoms with Crippen molar-refractivity contribution in [1.82, 2.24) is 0 Å². The molecule has 0 radical (unpaired) electrons. The van der Waals surface area contributed by atoms with E-state index >= 15 is 0 Å². The highest BCUT2D eigenvalue weighted by atomic mass is 28.3. The van der Waals surface area contributed by atoms with Gasteiger partial charge in [-0.15, -0.1) is 0 Å². The van der Waals surface area contributed by atoms with Crippen LogP contribution in [0, 0.1) is 0 Å². The van der Waals surface area contributed by atoms with Gasteiger partial charge in [0.2, 0.25) is 0 Å². The minimum Gasteiger partial charge on any atom is -0.310 e. The molecule has 326 valence electrons. The zero-order chi connectivity index (χ0) is 46.0. The summed E-state index contributed by atoms with van der Waals surface area (Å²) in [6.45, 7) is 0. The van der Waals surface area contributed by atoms with Crippen molar-refractivity contribution >= 4 is 45.9 Å². The zero-order valence-corrected chi connectivity index (χ0v) is 39.2. The van der Waals surface area contributed by atoms with E-state index in [2.05, 4.69) is 302 Å². The second-order valence-electron chi connectivity index (χ2n) is 18.0. The number of fused-ring (bicyclic) bond motifs is 3. The molecule has 11 aromatic rings. The standard InChI is InChI=1S/C67H49NSi/c1-7-21-50(22-8-1)51-35-41-56(42-36-51)68(58-45-48-66-64(49-58)63-33-19-20-34-65(63)67(66,54-23-9-2-10-24-54)55-25-11-3-12-26-55)57-43-37-52(38-44-57)53-39-46-62(47-40-53)69(59-27-13-4-14-28-59,60-29-15-5-16-30-60)61-31-17-6-18-32-61/h1-49H. The lowest BCUT2D eigenvalue weighted by Gasteiger charge is -2.34. The smallest absolute Gasteiger partial charge is 0.179 e. The number of hydrogen-bond acceptors (Lipinski definition) is 1. The molecule has 12 rings (SSSR count). The number of benzene rings is 11. The highest BCUT2D eigenvalue weighted by Crippen LogP contribution is 2.57. The van der Waals surface area contributed by atoms with Crippen LogP contribution in [0.25, 0.3) is 33.4 Å². The van der Waals surface area contributed by atoms with Crippen LogP contribution in [-0.4, -0.2) is 8.07 Å². The maximum atomic E-state index is 2.42. The highest BCUT2D eigenvalue weighted by molar-refractivity contribution is 7.19. The van der Waals surface area contributed by atoms with E-state index in [0.717, 1.165) is 17.1 Å². The molecule has 0 N–H and O–H groups in total. The van der Waals surface area contributed by atoms with E-state index in [1.54, 1.807) is 0 Å². The zero-order valence-electron chi connectivity index (χ0n) is 38.2. The summed E-state index contributed by atoms with van der Waals surface area (Å²) in [5.74, 6) is 0. The number of rotatable bonds is 11. The first-order chi connectivity index (χ1) is 34.2. The van der Waals surface area contributed by atoms with Crippen molar-refractivity contribution in [2.45, 2.75) is 5.41 Å². The molecule has 0 fully saturated rings. The van der Waals surface area contributed by atoms with Crippen molar-refractivity contribution < 1.29 is 0 Å². The molecule has 1 aliphatic carbocycles. The Labute approximate surface area is 407 Å². The van der Waals surface area contributed by atoms with Crippen LogP contribution in [0.5, 0.6) is 0 Å². The van der Waals surface area contributed by atoms with Crippen molar-refractivity contribution in [1.29, 1.82) is 0 Å². The third kappa shape index (κ3) is 7.16. The maximum Gasteiger partial charge on any atom is 0.179 e. The summed E-state index contributed by atoms with van der Waals surface area (Å²) < 4.78 is 0. The van der Waals surface area contributed by atoms with Gasteiger partial charge in [-0.2, -0.15) is 0 Å². The van der Waals surface area contributed by atoms with Gasteiger partial charge >= 0.3 is 0 Å². The molecule has 0 amide bonds. The number of nitrogens with zero attached hydrogens (tertiary/aromatic N) is 1. The second-order valence-corrected chi connectivity index (χ2v) is 21.8. The molecule has 0 saturated carbocycles. The number of hydrogen-bond donors (Lipinski definition) is 0. The molecule has 2 heteroatoms. The largest absolute Gasteiger partial charge is 0.310 e. The lowest BCUT2D eigenvalue weighted by molar-refractivity contribution is 0.768. The van der Waals surface area contributed by atoms with Crippen LogP contribution in [0.3, 0.4) is 0 Å². The summed E-state index contributed by atoms with van der Waals surface area (Å²) in [4.78, 5) is 2.41. The quantitative estimate of drug-likeness (QED) is 0.0924. The Balaban J connectivity index is 0.969. The molecule has 11 aromatic carbocycles. The number of anilines is 3. The average molecular weight is 896 g/mol. The Morgan fingerprint density at radius 2 is 0.580 bits per heavy atom. The minimum atomic E-state index is -2.63. The SMILES string of the molecule is c1ccc(-c2ccc(N(c3ccc(-c4ccc([Si](c5ccccc5)(c5ccccc5)c5ccccc5)cc4)cc3)c3ccc4c(c3)-c3ccccc3C4(c3ccccc3)c3ccccc3)cc2)cc1. The van der Waals surface area contributed by atoms with E-state index in [4.69, 9.17) is 0 Å². The summed E-state index contributed by atoms with van der Waals surface area (Å²) in [7, 11) is -2.63. The molecule has 0 spiro atoms. The van der Waals surface area contributed by atoms with Gasteiger partial charge in [0.1, 0.15) is 0 Å². The Morgan fingerprint density at radius 3 is 1.04 bits per heavy atom. The van der Waals surface area contributed by atoms with Crippen LogP contribution in [-0.2, 0) is 5.41 Å². The Kier molecular flexibility index (Phi) is 10.9. The molecule has 0 bridgehead atoms. The Bertz CT molecular complexity index is 3350. The predicted molar refractivity (Wildman–Crippen MR) is 293 cm³/mol. The third-order valence-electron chi connectivity index (χ3n) is 14.3. The van der Waals surface area contributed by atoms with E-state index in [0.29, 0.717) is 0 Å². The fourth-order valence-electron chi connectivity index (χ4n) is 11.2. The molecular formula is C67H49NSi. The first kappa shape index (κ1) is 41.8. The van der Waals surface area contributed by atoms with Gasteiger partial charge in [0.25, 0.3) is 0 Å². The Hall–Kier alpha value is -8.56. The average Bonchev–Trinajstić information content (AvgIpc) is 3.74. The van der Waals surface area contributed by atoms with Gasteiger partial charge in [-0.25, -0.2) is 0 Å². The summed E-state index contributed by atoms with van der Waals surface area (Å²) >= 11 is 0. The molecule has 69 heavy (non-hydrogen) atoms. The molecular weight excluding hydrogens is 847 g/mol. The monoisotopic (exact) mass is 895 g/mol. The van der Waals surface area contributed by atoms with Crippen molar-refractivity contribution in [2.75, 3.05) is 4.90 Å². The van der Waals surface area contributed by atoms with Gasteiger partial charge in [-0.1, -0.05) is 261 Å². The van der Waals surface area contributed by atoms with E-state index in [1.165, 1.54) is 76.4 Å². The van der Waals surface area contributed by atoms with Crippen LogP contribution in [0.1, 0.15) is 22.3 Å². The van der Waals surface area contributed by atoms with Gasteiger partial charge < -0.3 is 4.90 Å². The van der Waals surface area contributed by atoms with Crippen molar-refractivity contribution in [3.8, 4) is 33.4 Å². The fraction of sp³-hybridized carbons (Fsp3) is 0.0149. The minimum absolute atomic E-state index is 0.461. The molecule has 0 atom stereocenters. The molecule has 0 saturated heterocycles. The van der Waals surface area contributed by atoms with Gasteiger partial charge in [0.05, 0.1) is 5.41 Å². The first-order valence-corrected chi connectivity index (χ1v) is 25.9. The summed E-state index contributed by atoms with van der Waals surface area (Å²) in [6, 6.07) is 110. The maximum absolute atomic E-state index is 2.63. The summed E-state index contributed by atoms with van der Waals surface area (Å²) in [6.07, 6.45) is 0. The van der Waals surface area contributed by atoms with Gasteiger partial charge in [0.15, 0.2) is 8.07 Å². The van der Waals surface area contributed by atoms with Crippen LogP contribution >= 0.6 is 0 Å². The predicted octanol–water partition coefficient (Wildman–Crippen LogP) is 14.2. The van der Waals surface area contributed by atoms with Crippen molar-refractivity contribution in [3.63, 3.8) is 0 Å². The van der Waals surface area contributed by atoms with Gasteiger partial charge in [0, 0.05) is 17.1 Å². The fourth-order valence-corrected chi connectivity index (χ4v) is 16.0. The molecule has 0 heterocycles. The molecule has 1 nitrogen and oxygen atoms in total. The third-order valence-corrected chi connectivity index (χ3v) is 19.1. The van der Waals surface area contributed by atoms with Crippen LogP contribution in [0.2, 0.25) is 0 Å². The topological polar surface area (TPSA) is 3.24 Å². The summed E-state index contributed by atoms with van der Waals surface area (Å²) in [5, 5.41) is 5.48. The van der Waals surface area contributed by atoms with Crippen molar-refractivity contribution in [2.24, 2.45) is 0 Å². The van der Waals surface area contributed by atoms with E-state index in [-0.39, 0.29) is 0 Å². The van der Waals surface area contributed by atoms with E-state index < -0.39 is 13.5 Å². The van der Waals surface area contributed by atoms with E-state index in [1.807, 2.05) is 0 Å². The molecule has 0 unspecified atom stereocenters. The molecule has 1 aliphatic rings. The lowest BCUT2D eigenvalue weighted by atomic mass is 9.68. The van der Waals surface area contributed by atoms with Crippen LogP contribution in [0.4, 0.5) is 17.1 Å². The van der Waals surface area contributed by atoms with Crippen LogP contribution in [0.15, 0.2) is 297 Å².